The van der Waals surface area contributed by atoms with Crippen molar-refractivity contribution in [3.8, 4) is 16.9 Å². The molecule has 110 valence electrons. The quantitative estimate of drug-likeness (QED) is 0.531. The summed E-state index contributed by atoms with van der Waals surface area (Å²) in [5, 5.41) is 15.7. The number of hydrogen-bond donors (Lipinski definition) is 0. The number of hydrogen-bond acceptors (Lipinski definition) is 3. The summed E-state index contributed by atoms with van der Waals surface area (Å²) < 4.78 is 1.69. The Morgan fingerprint density at radius 2 is 1.73 bits per heavy atom. The lowest BCUT2D eigenvalue weighted by molar-refractivity contribution is -0.384. The summed E-state index contributed by atoms with van der Waals surface area (Å²) in [5.41, 5.74) is 3.44. The maximum Gasteiger partial charge on any atom is 0.269 e. The van der Waals surface area contributed by atoms with Crippen LogP contribution in [-0.2, 0) is 0 Å². The second kappa shape index (κ2) is 5.61. The van der Waals surface area contributed by atoms with Crippen LogP contribution in [0.15, 0.2) is 54.7 Å². The van der Waals surface area contributed by atoms with Gasteiger partial charge in [0.1, 0.15) is 5.69 Å². The van der Waals surface area contributed by atoms with E-state index in [0.717, 1.165) is 16.8 Å². The summed E-state index contributed by atoms with van der Waals surface area (Å²) in [7, 11) is 0. The fourth-order valence-electron chi connectivity index (χ4n) is 2.12. The van der Waals surface area contributed by atoms with Gasteiger partial charge in [0, 0.05) is 17.7 Å². The lowest BCUT2D eigenvalue weighted by Crippen LogP contribution is -1.94. The van der Waals surface area contributed by atoms with Crippen LogP contribution in [0.1, 0.15) is 5.56 Å². The first-order valence-corrected chi connectivity index (χ1v) is 6.99. The van der Waals surface area contributed by atoms with Crippen molar-refractivity contribution in [2.45, 2.75) is 6.92 Å². The highest BCUT2D eigenvalue weighted by molar-refractivity contribution is 6.33. The number of aromatic nitrogens is 2. The minimum atomic E-state index is -0.434. The Hall–Kier alpha value is -2.66. The third-order valence-corrected chi connectivity index (χ3v) is 3.60. The first-order chi connectivity index (χ1) is 10.5. The molecule has 2 aromatic carbocycles. The zero-order valence-corrected chi connectivity index (χ0v) is 12.5. The number of benzene rings is 2. The summed E-state index contributed by atoms with van der Waals surface area (Å²) in [6.45, 7) is 2.02. The second-order valence-electron chi connectivity index (χ2n) is 4.91. The molecule has 1 aromatic heterocycles. The Labute approximate surface area is 131 Å². The zero-order chi connectivity index (χ0) is 15.7. The van der Waals surface area contributed by atoms with E-state index >= 15 is 0 Å². The maximum atomic E-state index is 10.7. The molecule has 3 rings (SSSR count). The van der Waals surface area contributed by atoms with E-state index in [9.17, 15) is 10.1 Å². The molecule has 0 unspecified atom stereocenters. The SMILES string of the molecule is Cc1ccc(-n2cc(Cl)c(-c3ccc([N+](=O)[O-])cc3)n2)cc1. The average molecular weight is 314 g/mol. The summed E-state index contributed by atoms with van der Waals surface area (Å²) >= 11 is 6.25. The molecule has 0 aliphatic heterocycles. The van der Waals surface area contributed by atoms with Gasteiger partial charge in [-0.25, -0.2) is 4.68 Å². The molecular weight excluding hydrogens is 302 g/mol. The molecule has 0 aliphatic rings. The first-order valence-electron chi connectivity index (χ1n) is 6.61. The number of non-ortho nitro benzene ring substituents is 1. The van der Waals surface area contributed by atoms with E-state index in [4.69, 9.17) is 11.6 Å². The molecule has 3 aromatic rings. The minimum absolute atomic E-state index is 0.0397. The lowest BCUT2D eigenvalue weighted by Gasteiger charge is -2.01. The van der Waals surface area contributed by atoms with Crippen molar-refractivity contribution < 1.29 is 4.92 Å². The van der Waals surface area contributed by atoms with Crippen molar-refractivity contribution in [1.29, 1.82) is 0 Å². The number of nitro benzene ring substituents is 1. The van der Waals surface area contributed by atoms with Gasteiger partial charge in [0.25, 0.3) is 5.69 Å². The molecule has 0 saturated heterocycles. The van der Waals surface area contributed by atoms with E-state index in [1.165, 1.54) is 12.1 Å². The van der Waals surface area contributed by atoms with Crippen LogP contribution in [0.25, 0.3) is 16.9 Å². The molecule has 0 atom stereocenters. The van der Waals surface area contributed by atoms with E-state index in [1.807, 2.05) is 31.2 Å². The largest absolute Gasteiger partial charge is 0.269 e. The van der Waals surface area contributed by atoms with Crippen molar-refractivity contribution in [3.05, 3.63) is 75.4 Å². The first kappa shape index (κ1) is 14.3. The Balaban J connectivity index is 1.98. The van der Waals surface area contributed by atoms with Gasteiger partial charge in [0.15, 0.2) is 0 Å². The average Bonchev–Trinajstić information content (AvgIpc) is 2.90. The molecule has 0 saturated carbocycles. The van der Waals surface area contributed by atoms with Crippen LogP contribution in [0.3, 0.4) is 0 Å². The molecule has 0 bridgehead atoms. The maximum absolute atomic E-state index is 10.7. The molecule has 1 heterocycles. The fourth-order valence-corrected chi connectivity index (χ4v) is 2.36. The van der Waals surface area contributed by atoms with E-state index < -0.39 is 4.92 Å². The summed E-state index contributed by atoms with van der Waals surface area (Å²) in [5.74, 6) is 0. The molecule has 5 nitrogen and oxygen atoms in total. The summed E-state index contributed by atoms with van der Waals surface area (Å²) in [4.78, 5) is 10.3. The van der Waals surface area contributed by atoms with Crippen LogP contribution >= 0.6 is 11.6 Å². The van der Waals surface area contributed by atoms with Gasteiger partial charge in [-0.1, -0.05) is 29.3 Å². The van der Waals surface area contributed by atoms with E-state index in [2.05, 4.69) is 5.10 Å². The van der Waals surface area contributed by atoms with Crippen molar-refractivity contribution in [3.63, 3.8) is 0 Å². The molecule has 0 spiro atoms. The molecule has 0 amide bonds. The van der Waals surface area contributed by atoms with Gasteiger partial charge in [0.05, 0.1) is 21.8 Å². The van der Waals surface area contributed by atoms with Crippen LogP contribution < -0.4 is 0 Å². The molecule has 0 fully saturated rings. The van der Waals surface area contributed by atoms with Gasteiger partial charge in [0.2, 0.25) is 0 Å². The zero-order valence-electron chi connectivity index (χ0n) is 11.7. The summed E-state index contributed by atoms with van der Waals surface area (Å²) in [6.07, 6.45) is 1.73. The number of nitrogens with zero attached hydrogens (tertiary/aromatic N) is 3. The Kier molecular flexibility index (Phi) is 3.65. The Bertz CT molecular complexity index is 824. The molecule has 6 heteroatoms. The minimum Gasteiger partial charge on any atom is -0.258 e. The van der Waals surface area contributed by atoms with Crippen LogP contribution in [0, 0.1) is 17.0 Å². The van der Waals surface area contributed by atoms with E-state index in [0.29, 0.717) is 10.7 Å². The number of rotatable bonds is 3. The fraction of sp³-hybridized carbons (Fsp3) is 0.0625. The van der Waals surface area contributed by atoms with E-state index in [-0.39, 0.29) is 5.69 Å². The van der Waals surface area contributed by atoms with Gasteiger partial charge in [-0.05, 0) is 31.2 Å². The summed E-state index contributed by atoms with van der Waals surface area (Å²) in [6, 6.07) is 14.1. The monoisotopic (exact) mass is 313 g/mol. The number of halogens is 1. The molecule has 0 N–H and O–H groups in total. The molecule has 0 radical (unpaired) electrons. The smallest absolute Gasteiger partial charge is 0.258 e. The highest BCUT2D eigenvalue weighted by Gasteiger charge is 2.12. The van der Waals surface area contributed by atoms with Gasteiger partial charge < -0.3 is 0 Å². The van der Waals surface area contributed by atoms with Gasteiger partial charge in [-0.15, -0.1) is 0 Å². The number of aryl methyl sites for hydroxylation is 1. The molecule has 22 heavy (non-hydrogen) atoms. The van der Waals surface area contributed by atoms with Crippen molar-refractivity contribution >= 4 is 17.3 Å². The normalized spacial score (nSPS) is 10.6. The van der Waals surface area contributed by atoms with Crippen molar-refractivity contribution in [2.75, 3.05) is 0 Å². The van der Waals surface area contributed by atoms with Crippen LogP contribution in [0.2, 0.25) is 5.02 Å². The van der Waals surface area contributed by atoms with Crippen LogP contribution in [0.5, 0.6) is 0 Å². The second-order valence-corrected chi connectivity index (χ2v) is 5.32. The highest BCUT2D eigenvalue weighted by Crippen LogP contribution is 2.28. The predicted octanol–water partition coefficient (Wildman–Crippen LogP) is 4.41. The topological polar surface area (TPSA) is 61.0 Å². The molecular formula is C16H12ClN3O2. The van der Waals surface area contributed by atoms with Crippen molar-refractivity contribution in [2.24, 2.45) is 0 Å². The molecule has 0 aliphatic carbocycles. The lowest BCUT2D eigenvalue weighted by atomic mass is 10.1. The van der Waals surface area contributed by atoms with Gasteiger partial charge in [-0.3, -0.25) is 10.1 Å². The predicted molar refractivity (Wildman–Crippen MR) is 85.4 cm³/mol. The highest BCUT2D eigenvalue weighted by atomic mass is 35.5. The van der Waals surface area contributed by atoms with E-state index in [1.54, 1.807) is 23.0 Å². The number of nitro groups is 1. The standard InChI is InChI=1S/C16H12ClN3O2/c1-11-2-6-13(7-3-11)19-10-15(17)16(18-19)12-4-8-14(9-5-12)20(21)22/h2-10H,1H3. The third-order valence-electron chi connectivity index (χ3n) is 3.32. The van der Waals surface area contributed by atoms with Crippen LogP contribution in [-0.4, -0.2) is 14.7 Å². The van der Waals surface area contributed by atoms with Crippen molar-refractivity contribution in [1.82, 2.24) is 9.78 Å². The van der Waals surface area contributed by atoms with Gasteiger partial charge >= 0.3 is 0 Å². The van der Waals surface area contributed by atoms with Crippen LogP contribution in [0.4, 0.5) is 5.69 Å². The Morgan fingerprint density at radius 3 is 2.32 bits per heavy atom. The Morgan fingerprint density at radius 1 is 1.09 bits per heavy atom. The van der Waals surface area contributed by atoms with Gasteiger partial charge in [-0.2, -0.15) is 5.10 Å². The third kappa shape index (κ3) is 2.71.